The van der Waals surface area contributed by atoms with Crippen molar-refractivity contribution in [2.75, 3.05) is 42.9 Å². The highest BCUT2D eigenvalue weighted by Gasteiger charge is 2.37. The van der Waals surface area contributed by atoms with E-state index in [9.17, 15) is 44.3 Å². The number of fused-ring (bicyclic) bond motifs is 1. The number of urea groups is 1. The van der Waals surface area contributed by atoms with Crippen molar-refractivity contribution in [1.82, 2.24) is 44.1 Å². The molecule has 3 saturated heterocycles. The van der Waals surface area contributed by atoms with Gasteiger partial charge < -0.3 is 5.32 Å². The fourth-order valence-electron chi connectivity index (χ4n) is 8.18. The number of rotatable bonds is 10. The van der Waals surface area contributed by atoms with Gasteiger partial charge in [0.05, 0.1) is 22.3 Å². The van der Waals surface area contributed by atoms with Crippen LogP contribution in [0.15, 0.2) is 66.0 Å². The van der Waals surface area contributed by atoms with E-state index in [1.807, 2.05) is 19.2 Å². The number of nitrogens with zero attached hydrogens (tertiary/aromatic N) is 9. The molecule has 22 heteroatoms. The number of nitrogens with one attached hydrogen (secondary N) is 2. The third-order valence-corrected chi connectivity index (χ3v) is 13.2. The number of alkyl halides is 6. The number of sulfonamides is 1. The van der Waals surface area contributed by atoms with Gasteiger partial charge in [-0.15, -0.1) is 0 Å². The Balaban J connectivity index is 0.871. The van der Waals surface area contributed by atoms with E-state index in [0.29, 0.717) is 36.1 Å². The van der Waals surface area contributed by atoms with E-state index in [4.69, 9.17) is 0 Å². The van der Waals surface area contributed by atoms with E-state index in [1.54, 1.807) is 22.9 Å². The fraction of sp³-hybridized carbons (Fsp3) is 0.436. The topological polar surface area (TPSA) is 163 Å². The van der Waals surface area contributed by atoms with Crippen molar-refractivity contribution in [1.29, 1.82) is 0 Å². The van der Waals surface area contributed by atoms with E-state index >= 15 is 0 Å². The molecule has 3 aliphatic heterocycles. The first-order chi connectivity index (χ1) is 28.9. The smallest absolute Gasteiger partial charge is 0.351 e. The third kappa shape index (κ3) is 9.20. The largest absolute Gasteiger partial charge is 0.419 e. The minimum Gasteiger partial charge on any atom is -0.351 e. The summed E-state index contributed by atoms with van der Waals surface area (Å²) in [5.74, 6) is 0.280. The van der Waals surface area contributed by atoms with Crippen molar-refractivity contribution in [3.05, 3.63) is 77.7 Å². The zero-order chi connectivity index (χ0) is 43.3. The number of benzene rings is 2. The normalized spacial score (nSPS) is 18.2. The number of amides is 3. The quantitative estimate of drug-likeness (QED) is 0.162. The summed E-state index contributed by atoms with van der Waals surface area (Å²) in [6, 6.07) is 12.1. The zero-order valence-corrected chi connectivity index (χ0v) is 33.6. The lowest BCUT2D eigenvalue weighted by Gasteiger charge is -2.33. The first kappa shape index (κ1) is 42.1. The van der Waals surface area contributed by atoms with Gasteiger partial charge in [-0.05, 0) is 80.1 Å². The predicted octanol–water partition coefficient (Wildman–Crippen LogP) is 5.90. The Hall–Kier alpha value is -5.61. The van der Waals surface area contributed by atoms with Crippen LogP contribution in [0.1, 0.15) is 54.7 Å². The second kappa shape index (κ2) is 16.3. The number of hydrogen-bond donors (Lipinski definition) is 2. The number of imide groups is 1. The number of aromatic nitrogens is 6. The molecule has 8 rings (SSSR count). The molecular formula is C39H41F6N11O4S. The van der Waals surface area contributed by atoms with E-state index < -0.39 is 52.3 Å². The van der Waals surface area contributed by atoms with Crippen LogP contribution in [0.5, 0.6) is 0 Å². The maximum atomic E-state index is 13.8. The number of halogens is 6. The van der Waals surface area contributed by atoms with Crippen LogP contribution in [0, 0.1) is 0 Å². The van der Waals surface area contributed by atoms with Gasteiger partial charge in [-0.3, -0.25) is 29.3 Å². The van der Waals surface area contributed by atoms with Crippen molar-refractivity contribution in [2.24, 2.45) is 7.05 Å². The van der Waals surface area contributed by atoms with Crippen LogP contribution in [-0.4, -0.2) is 104 Å². The first-order valence-corrected chi connectivity index (χ1v) is 21.0. The highest BCUT2D eigenvalue weighted by atomic mass is 32.2. The molecule has 2 N–H and O–H groups in total. The van der Waals surface area contributed by atoms with Crippen LogP contribution >= 0.6 is 0 Å². The molecule has 0 atom stereocenters. The molecule has 3 fully saturated rings. The van der Waals surface area contributed by atoms with Gasteiger partial charge in [0, 0.05) is 69.0 Å². The molecule has 0 saturated carbocycles. The van der Waals surface area contributed by atoms with Gasteiger partial charge >= 0.3 is 18.4 Å². The van der Waals surface area contributed by atoms with Crippen molar-refractivity contribution < 1.29 is 44.3 Å². The second-order valence-corrected chi connectivity index (χ2v) is 17.4. The standard InChI is InChI=1S/C39H41F6N11O4S/c1-52-32-6-5-26(18-30(32)35(51-52)56-16-11-33(57)49-37(56)58)25-7-12-53(13-8-25)21-24-3-2-4-29(17-24)61(59,60)55-14-9-28(10-15-55)48-36-46-20-31(39(43,44)45)34(50-36)27-19-47-54(22-27)23-38(40,41)42/h2-6,17-20,22,25,28H,7-16,21,23H2,1H3,(H,46,48,50)(H,49,57,58). The number of aryl methyl sites for hydroxylation is 1. The molecule has 0 unspecified atom stereocenters. The number of carbonyl (C=O) groups excluding carboxylic acids is 2. The van der Waals surface area contributed by atoms with Crippen molar-refractivity contribution in [3.8, 4) is 11.3 Å². The maximum Gasteiger partial charge on any atom is 0.419 e. The minimum absolute atomic E-state index is 0.118. The molecule has 61 heavy (non-hydrogen) atoms. The lowest BCUT2D eigenvalue weighted by atomic mass is 9.88. The maximum absolute atomic E-state index is 13.8. The number of hydrogen-bond acceptors (Lipinski definition) is 10. The summed E-state index contributed by atoms with van der Waals surface area (Å²) < 4.78 is 111. The summed E-state index contributed by atoms with van der Waals surface area (Å²) in [4.78, 5) is 36.1. The van der Waals surface area contributed by atoms with Crippen molar-refractivity contribution in [3.63, 3.8) is 0 Å². The molecule has 15 nitrogen and oxygen atoms in total. The molecule has 3 amide bonds. The SMILES string of the molecule is Cn1nc(N2CCC(=O)NC2=O)c2cc(C3CCN(Cc4cccc(S(=O)(=O)N5CCC(Nc6ncc(C(F)(F)F)c(-c7cnn(CC(F)(F)F)c7)n6)CC5)c4)CC3)ccc21. The third-order valence-electron chi connectivity index (χ3n) is 11.3. The van der Waals surface area contributed by atoms with Crippen LogP contribution in [0.25, 0.3) is 22.2 Å². The van der Waals surface area contributed by atoms with Crippen LogP contribution in [0.4, 0.5) is 42.9 Å². The lowest BCUT2D eigenvalue weighted by Crippen LogP contribution is -2.49. The van der Waals surface area contributed by atoms with Crippen LogP contribution < -0.4 is 15.5 Å². The zero-order valence-electron chi connectivity index (χ0n) is 32.7. The summed E-state index contributed by atoms with van der Waals surface area (Å²) >= 11 is 0. The van der Waals surface area contributed by atoms with E-state index in [1.165, 1.54) is 9.21 Å². The minimum atomic E-state index is -4.89. The number of likely N-dealkylation sites (tertiary alicyclic amines) is 1. The molecule has 5 aromatic rings. The Kier molecular flexibility index (Phi) is 11.3. The van der Waals surface area contributed by atoms with Gasteiger partial charge in [0.25, 0.3) is 0 Å². The van der Waals surface area contributed by atoms with Gasteiger partial charge in [0.1, 0.15) is 12.1 Å². The first-order valence-electron chi connectivity index (χ1n) is 19.6. The monoisotopic (exact) mass is 873 g/mol. The van der Waals surface area contributed by atoms with Gasteiger partial charge in [0.15, 0.2) is 5.82 Å². The number of piperidine rings is 2. The highest BCUT2D eigenvalue weighted by molar-refractivity contribution is 7.89. The molecule has 0 spiro atoms. The summed E-state index contributed by atoms with van der Waals surface area (Å²) in [7, 11) is -2.07. The van der Waals surface area contributed by atoms with Crippen molar-refractivity contribution in [2.45, 2.75) is 74.4 Å². The van der Waals surface area contributed by atoms with E-state index in [-0.39, 0.29) is 54.3 Å². The molecule has 2 aromatic carbocycles. The molecule has 0 radical (unpaired) electrons. The number of carbonyl (C=O) groups is 2. The Morgan fingerprint density at radius 2 is 1.67 bits per heavy atom. The molecule has 6 heterocycles. The molecule has 3 aliphatic rings. The summed E-state index contributed by atoms with van der Waals surface area (Å²) in [5, 5.41) is 14.3. The fourth-order valence-corrected chi connectivity index (χ4v) is 9.72. The number of anilines is 2. The van der Waals surface area contributed by atoms with E-state index in [0.717, 1.165) is 60.4 Å². The lowest BCUT2D eigenvalue weighted by molar-refractivity contribution is -0.142. The molecule has 324 valence electrons. The Morgan fingerprint density at radius 1 is 0.918 bits per heavy atom. The van der Waals surface area contributed by atoms with Gasteiger partial charge in [-0.2, -0.15) is 40.8 Å². The molecular weight excluding hydrogens is 833 g/mol. The molecule has 0 bridgehead atoms. The van der Waals surface area contributed by atoms with Gasteiger partial charge in [-0.25, -0.2) is 23.2 Å². The molecule has 3 aromatic heterocycles. The Morgan fingerprint density at radius 3 is 2.38 bits per heavy atom. The predicted molar refractivity (Wildman–Crippen MR) is 210 cm³/mol. The summed E-state index contributed by atoms with van der Waals surface area (Å²) in [6.07, 6.45) is -4.73. The van der Waals surface area contributed by atoms with Crippen LogP contribution in [-0.2, 0) is 41.1 Å². The van der Waals surface area contributed by atoms with Gasteiger partial charge in [0.2, 0.25) is 21.9 Å². The van der Waals surface area contributed by atoms with Crippen molar-refractivity contribution >= 4 is 44.6 Å². The van der Waals surface area contributed by atoms with Gasteiger partial charge in [-0.1, -0.05) is 18.2 Å². The second-order valence-electron chi connectivity index (χ2n) is 15.5. The molecule has 0 aliphatic carbocycles. The summed E-state index contributed by atoms with van der Waals surface area (Å²) in [6.45, 7) is 1.11. The van der Waals surface area contributed by atoms with Crippen LogP contribution in [0.2, 0.25) is 0 Å². The Labute approximate surface area is 345 Å². The Bertz CT molecular complexity index is 2560. The van der Waals surface area contributed by atoms with Crippen LogP contribution in [0.3, 0.4) is 0 Å². The highest BCUT2D eigenvalue weighted by Crippen LogP contribution is 2.37. The summed E-state index contributed by atoms with van der Waals surface area (Å²) in [5.41, 5.74) is 0.711. The average Bonchev–Trinajstić information content (AvgIpc) is 3.80. The van der Waals surface area contributed by atoms with E-state index in [2.05, 4.69) is 47.8 Å². The average molecular weight is 874 g/mol.